The molecule has 6 N–H and O–H groups in total. The number of nitrogens with two attached hydrogens (primary N) is 1. The average Bonchev–Trinajstić information content (AvgIpc) is 3.76. The van der Waals surface area contributed by atoms with Crippen LogP contribution in [0.4, 0.5) is 20.1 Å². The molecule has 24 heteroatoms. The number of benzene rings is 1. The first kappa shape index (κ1) is 60.9. The predicted molar refractivity (Wildman–Crippen MR) is 256 cm³/mol. The molecule has 0 aliphatic rings. The maximum absolute atomic E-state index is 13.7. The zero-order chi connectivity index (χ0) is 51.6. The Morgan fingerprint density at radius 2 is 1.33 bits per heavy atom. The van der Waals surface area contributed by atoms with Gasteiger partial charge in [0.25, 0.3) is 0 Å². The predicted octanol–water partition coefficient (Wildman–Crippen LogP) is 2.41. The molecule has 0 aliphatic carbocycles. The van der Waals surface area contributed by atoms with E-state index in [1.54, 1.807) is 77.9 Å². The van der Waals surface area contributed by atoms with E-state index in [9.17, 15) is 24.0 Å². The molecule has 1 heterocycles. The quantitative estimate of drug-likeness (QED) is 0.0604. The van der Waals surface area contributed by atoms with Crippen LogP contribution in [-0.2, 0) is 76.7 Å². The summed E-state index contributed by atoms with van der Waals surface area (Å²) in [5, 5.41) is 18.7. The third-order valence-corrected chi connectivity index (χ3v) is 9.47. The smallest absolute Gasteiger partial charge is 0.410 e. The van der Waals surface area contributed by atoms with Gasteiger partial charge >= 0.3 is 18.2 Å². The highest BCUT2D eigenvalue weighted by Crippen LogP contribution is 2.19. The largest absolute Gasteiger partial charge is 0.444 e. The van der Waals surface area contributed by atoms with Gasteiger partial charge in [-0.25, -0.2) is 19.1 Å². The van der Waals surface area contributed by atoms with E-state index >= 15 is 0 Å². The molecule has 2 atom stereocenters. The molecule has 6 amide bonds. The van der Waals surface area contributed by atoms with Crippen molar-refractivity contribution in [3.63, 3.8) is 0 Å². The molecule has 2 aromatic rings. The minimum Gasteiger partial charge on any atom is -0.444 e. The summed E-state index contributed by atoms with van der Waals surface area (Å²) in [7, 11) is 3.19. The molecule has 0 bridgehead atoms. The Morgan fingerprint density at radius 1 is 0.786 bits per heavy atom. The Kier molecular flexibility index (Phi) is 31.2. The van der Waals surface area contributed by atoms with Crippen LogP contribution in [0.1, 0.15) is 64.3 Å². The first-order valence-corrected chi connectivity index (χ1v) is 23.4. The number of aromatic nitrogens is 3. The molecule has 1 aromatic heterocycles. The van der Waals surface area contributed by atoms with Crippen LogP contribution >= 0.6 is 0 Å². The van der Waals surface area contributed by atoms with Crippen molar-refractivity contribution >= 4 is 35.7 Å². The van der Waals surface area contributed by atoms with E-state index in [1.807, 2.05) is 0 Å². The van der Waals surface area contributed by atoms with Crippen molar-refractivity contribution in [3.8, 4) is 0 Å². The van der Waals surface area contributed by atoms with Crippen molar-refractivity contribution in [1.82, 2.24) is 35.8 Å². The number of nitrogens with one attached hydrogen (secondary N) is 4. The number of carbonyl (C=O) groups is 5. The summed E-state index contributed by atoms with van der Waals surface area (Å²) in [5.41, 5.74) is 6.43. The third-order valence-electron chi connectivity index (χ3n) is 9.47. The number of nitrogens with zero attached hydrogens (tertiary/aromatic N) is 4. The molecular formula is C46H78N9O15. The van der Waals surface area contributed by atoms with Gasteiger partial charge in [-0.05, 0) is 69.7 Å². The molecule has 24 nitrogen and oxygen atoms in total. The lowest BCUT2D eigenvalue weighted by molar-refractivity contribution is -0.128. The fourth-order valence-electron chi connectivity index (χ4n) is 5.90. The van der Waals surface area contributed by atoms with Crippen molar-refractivity contribution < 1.29 is 71.3 Å². The van der Waals surface area contributed by atoms with E-state index in [1.165, 1.54) is 4.90 Å². The second kappa shape index (κ2) is 35.8. The van der Waals surface area contributed by atoms with E-state index in [-0.39, 0.29) is 32.0 Å². The number of hydrogen-bond acceptors (Lipinski definition) is 17. The summed E-state index contributed by atoms with van der Waals surface area (Å²) in [6, 6.07) is 2.18. The van der Waals surface area contributed by atoms with E-state index in [2.05, 4.69) is 38.5 Å². The summed E-state index contributed by atoms with van der Waals surface area (Å²) >= 11 is 0. The number of urea groups is 1. The molecule has 397 valence electrons. The van der Waals surface area contributed by atoms with E-state index in [0.717, 1.165) is 0 Å². The van der Waals surface area contributed by atoms with Gasteiger partial charge in [0, 0.05) is 32.9 Å². The van der Waals surface area contributed by atoms with Gasteiger partial charge in [-0.3, -0.25) is 9.59 Å². The topological polar surface area (TPSA) is 286 Å². The first-order valence-electron chi connectivity index (χ1n) is 23.4. The molecular weight excluding hydrogens is 919 g/mol. The van der Waals surface area contributed by atoms with Crippen molar-refractivity contribution in [1.29, 1.82) is 0 Å². The minimum atomic E-state index is -1.07. The van der Waals surface area contributed by atoms with Crippen molar-refractivity contribution in [2.75, 3.05) is 125 Å². The van der Waals surface area contributed by atoms with Gasteiger partial charge in [0.1, 0.15) is 30.0 Å². The molecule has 0 fully saturated rings. The number of methoxy groups -OCH3 is 1. The molecule has 1 aromatic carbocycles. The number of anilines is 1. The highest BCUT2D eigenvalue weighted by atomic mass is 16.6. The number of primary amides is 1. The summed E-state index contributed by atoms with van der Waals surface area (Å²) in [4.78, 5) is 65.2. The SMILES string of the molecule is [CH2]c1ccc(NC(=O)[C@H](CCCNC(N)=O)NC(=O)[C@@H](NC(=O)OC(C)(C)C)C(C)C)cc1CN(C)C(=O)OCc1cn(CCOCCOCCOCCOCCOCCOCCOCCOC)nn1. The van der Waals surface area contributed by atoms with Crippen LogP contribution in [0.15, 0.2) is 24.4 Å². The van der Waals surface area contributed by atoms with Gasteiger partial charge in [0.05, 0.1) is 112 Å². The second-order valence-corrected chi connectivity index (χ2v) is 17.0. The number of alkyl carbamates (subject to hydrolysis) is 1. The fraction of sp³-hybridized carbons (Fsp3) is 0.696. The standard InChI is InChI=1S/C46H78N9O15/c1-34(2)40(51-44(59)70-46(4,5)6)42(57)50-39(10-9-13-48-43(47)58)41(56)49-37-12-11-35(3)36(30-37)31-54(7)45(60)69-33-38-32-55(53-52-38)14-15-62-18-19-64-22-23-66-26-27-68-29-28-67-25-24-65-21-20-63-17-16-61-8/h11-12,30,32,34,39-40H,3,9-10,13-29,31,33H2,1-2,4-8H3,(H,49,56)(H,50,57)(H,51,59)(H3,47,48,58)/t39-,40-/m0/s1. The third kappa shape index (κ3) is 29.1. The first-order chi connectivity index (χ1) is 33.5. The lowest BCUT2D eigenvalue weighted by atomic mass is 10.0. The zero-order valence-corrected chi connectivity index (χ0v) is 42.1. The van der Waals surface area contributed by atoms with Gasteiger partial charge in [-0.15, -0.1) is 5.10 Å². The van der Waals surface area contributed by atoms with Crippen LogP contribution < -0.4 is 27.0 Å². The Balaban J connectivity index is 1.69. The Labute approximate surface area is 411 Å². The van der Waals surface area contributed by atoms with Crippen LogP contribution in [0.25, 0.3) is 0 Å². The van der Waals surface area contributed by atoms with Crippen LogP contribution in [0, 0.1) is 12.8 Å². The van der Waals surface area contributed by atoms with Crippen molar-refractivity contribution in [2.45, 2.75) is 84.8 Å². The highest BCUT2D eigenvalue weighted by Gasteiger charge is 2.30. The lowest BCUT2D eigenvalue weighted by Gasteiger charge is -2.27. The summed E-state index contributed by atoms with van der Waals surface area (Å²) in [5.74, 6) is -1.51. The molecule has 0 unspecified atom stereocenters. The van der Waals surface area contributed by atoms with E-state index in [0.29, 0.717) is 135 Å². The minimum absolute atomic E-state index is 0.0881. The molecule has 0 spiro atoms. The molecule has 1 radical (unpaired) electrons. The normalized spacial score (nSPS) is 12.3. The van der Waals surface area contributed by atoms with Gasteiger partial charge in [0.15, 0.2) is 0 Å². The zero-order valence-electron chi connectivity index (χ0n) is 42.1. The van der Waals surface area contributed by atoms with Crippen LogP contribution in [0.5, 0.6) is 0 Å². The van der Waals surface area contributed by atoms with Gasteiger partial charge < -0.3 is 79.3 Å². The fourth-order valence-corrected chi connectivity index (χ4v) is 5.90. The number of hydrogen-bond donors (Lipinski definition) is 5. The number of rotatable bonds is 38. The molecule has 0 aliphatic heterocycles. The van der Waals surface area contributed by atoms with Crippen molar-refractivity contribution in [3.05, 3.63) is 48.1 Å². The van der Waals surface area contributed by atoms with Crippen LogP contribution in [0.2, 0.25) is 0 Å². The Hall–Kier alpha value is -5.21. The Morgan fingerprint density at radius 3 is 1.84 bits per heavy atom. The van der Waals surface area contributed by atoms with Crippen LogP contribution in [0.3, 0.4) is 0 Å². The molecule has 0 saturated heterocycles. The summed E-state index contributed by atoms with van der Waals surface area (Å²) < 4.78 is 55.6. The maximum atomic E-state index is 13.7. The molecule has 0 saturated carbocycles. The van der Waals surface area contributed by atoms with Gasteiger partial charge in [-0.2, -0.15) is 0 Å². The highest BCUT2D eigenvalue weighted by molar-refractivity contribution is 5.98. The second-order valence-electron chi connectivity index (χ2n) is 17.0. The molecule has 70 heavy (non-hydrogen) atoms. The monoisotopic (exact) mass is 997 g/mol. The van der Waals surface area contributed by atoms with Crippen molar-refractivity contribution in [2.24, 2.45) is 11.7 Å². The lowest BCUT2D eigenvalue weighted by Crippen LogP contribution is -2.55. The average molecular weight is 997 g/mol. The van der Waals surface area contributed by atoms with E-state index < -0.39 is 47.7 Å². The molecule has 2 rings (SSSR count). The number of ether oxygens (including phenoxy) is 10. The van der Waals surface area contributed by atoms with Gasteiger partial charge in [0.2, 0.25) is 11.8 Å². The summed E-state index contributed by atoms with van der Waals surface area (Å²) in [6.07, 6.45) is 0.671. The Bertz CT molecular complexity index is 1800. The van der Waals surface area contributed by atoms with E-state index in [4.69, 9.17) is 53.1 Å². The summed E-state index contributed by atoms with van der Waals surface area (Å²) in [6.45, 7) is 20.2. The maximum Gasteiger partial charge on any atom is 0.410 e. The van der Waals surface area contributed by atoms with Crippen LogP contribution in [-0.4, -0.2) is 187 Å². The number of amides is 6. The number of carbonyl (C=O) groups excluding carboxylic acids is 5. The van der Waals surface area contributed by atoms with Gasteiger partial charge in [-0.1, -0.05) is 25.1 Å².